The standard InChI is InChI=1S/C21H18Cl2FNO4/c1-29-10-2-9-25-18(12-3-6-14(24)7-4-12)17(20(27)21(25)28)19(26)13-5-8-15(22)16(23)11-13/h3-8,11,18,26H,2,9-10H2,1H3/b19-17-. The highest BCUT2D eigenvalue weighted by Gasteiger charge is 2.45. The number of amides is 1. The average molecular weight is 438 g/mol. The summed E-state index contributed by atoms with van der Waals surface area (Å²) in [6.07, 6.45) is 0.494. The Morgan fingerprint density at radius 3 is 2.45 bits per heavy atom. The van der Waals surface area contributed by atoms with Crippen LogP contribution in [0.25, 0.3) is 5.76 Å². The van der Waals surface area contributed by atoms with E-state index in [0.717, 1.165) is 0 Å². The average Bonchev–Trinajstić information content (AvgIpc) is 2.95. The maximum Gasteiger partial charge on any atom is 0.295 e. The Labute approximate surface area is 177 Å². The number of likely N-dealkylation sites (tertiary alicyclic amines) is 1. The van der Waals surface area contributed by atoms with E-state index in [1.165, 1.54) is 54.5 Å². The minimum absolute atomic E-state index is 0.0857. The maximum absolute atomic E-state index is 13.4. The molecule has 1 aliphatic rings. The van der Waals surface area contributed by atoms with Crippen molar-refractivity contribution in [1.29, 1.82) is 0 Å². The molecule has 0 aliphatic carbocycles. The fourth-order valence-corrected chi connectivity index (χ4v) is 3.58. The number of benzene rings is 2. The molecule has 1 saturated heterocycles. The van der Waals surface area contributed by atoms with Crippen molar-refractivity contribution in [2.24, 2.45) is 0 Å². The van der Waals surface area contributed by atoms with Gasteiger partial charge < -0.3 is 14.7 Å². The molecule has 2 aromatic carbocycles. The number of Topliss-reactive ketones (excluding diaryl/α,β-unsaturated/α-hetero) is 1. The van der Waals surface area contributed by atoms with E-state index in [9.17, 15) is 19.1 Å². The minimum atomic E-state index is -0.859. The van der Waals surface area contributed by atoms with Gasteiger partial charge in [0.2, 0.25) is 0 Å². The summed E-state index contributed by atoms with van der Waals surface area (Å²) in [5.74, 6) is -2.38. The maximum atomic E-state index is 13.4. The van der Waals surface area contributed by atoms with E-state index in [1.807, 2.05) is 0 Å². The smallest absolute Gasteiger partial charge is 0.295 e. The van der Waals surface area contributed by atoms with Crippen molar-refractivity contribution < 1.29 is 23.8 Å². The van der Waals surface area contributed by atoms with Crippen LogP contribution in [0.15, 0.2) is 48.0 Å². The molecule has 0 aromatic heterocycles. The number of rotatable bonds is 6. The lowest BCUT2D eigenvalue weighted by molar-refractivity contribution is -0.140. The van der Waals surface area contributed by atoms with Crippen molar-refractivity contribution in [3.05, 3.63) is 75.0 Å². The zero-order valence-electron chi connectivity index (χ0n) is 15.5. The Bertz CT molecular complexity index is 975. The van der Waals surface area contributed by atoms with E-state index >= 15 is 0 Å². The lowest BCUT2D eigenvalue weighted by atomic mass is 9.95. The first-order valence-electron chi connectivity index (χ1n) is 8.83. The normalized spacial score (nSPS) is 18.5. The fourth-order valence-electron chi connectivity index (χ4n) is 3.28. The number of aliphatic hydroxyl groups excluding tert-OH is 1. The molecule has 152 valence electrons. The van der Waals surface area contributed by atoms with Crippen LogP contribution in [0.1, 0.15) is 23.6 Å². The van der Waals surface area contributed by atoms with Crippen LogP contribution in [0.3, 0.4) is 0 Å². The lowest BCUT2D eigenvalue weighted by Crippen LogP contribution is -2.31. The zero-order valence-corrected chi connectivity index (χ0v) is 17.0. The number of carbonyl (C=O) groups is 2. The summed E-state index contributed by atoms with van der Waals surface area (Å²) in [5.41, 5.74) is 0.670. The van der Waals surface area contributed by atoms with Gasteiger partial charge >= 0.3 is 0 Å². The number of aliphatic hydroxyl groups is 1. The Morgan fingerprint density at radius 2 is 1.83 bits per heavy atom. The van der Waals surface area contributed by atoms with Gasteiger partial charge in [-0.3, -0.25) is 9.59 Å². The van der Waals surface area contributed by atoms with Crippen LogP contribution in [0.4, 0.5) is 4.39 Å². The van der Waals surface area contributed by atoms with Crippen molar-refractivity contribution >= 4 is 40.7 Å². The first-order chi connectivity index (χ1) is 13.8. The molecular weight excluding hydrogens is 420 g/mol. The van der Waals surface area contributed by atoms with Crippen molar-refractivity contribution in [2.75, 3.05) is 20.3 Å². The van der Waals surface area contributed by atoms with Crippen LogP contribution in [0.2, 0.25) is 10.0 Å². The summed E-state index contributed by atoms with van der Waals surface area (Å²) < 4.78 is 18.5. The van der Waals surface area contributed by atoms with Gasteiger partial charge in [-0.2, -0.15) is 0 Å². The predicted molar refractivity (Wildman–Crippen MR) is 108 cm³/mol. The van der Waals surface area contributed by atoms with Gasteiger partial charge in [-0.05, 0) is 42.3 Å². The van der Waals surface area contributed by atoms with Gasteiger partial charge in [0.15, 0.2) is 0 Å². The Balaban J connectivity index is 2.13. The molecule has 0 bridgehead atoms. The van der Waals surface area contributed by atoms with Crippen molar-refractivity contribution in [2.45, 2.75) is 12.5 Å². The second-order valence-corrected chi connectivity index (χ2v) is 7.33. The number of ether oxygens (including phenoxy) is 1. The molecule has 0 radical (unpaired) electrons. The summed E-state index contributed by atoms with van der Waals surface area (Å²) in [6, 6.07) is 8.99. The lowest BCUT2D eigenvalue weighted by Gasteiger charge is -2.25. The monoisotopic (exact) mass is 437 g/mol. The molecule has 2 aromatic rings. The quantitative estimate of drug-likeness (QED) is 0.310. The number of hydrogen-bond donors (Lipinski definition) is 1. The SMILES string of the molecule is COCCCN1C(=O)C(=O)/C(=C(\O)c2ccc(Cl)c(Cl)c2)C1c1ccc(F)cc1. The van der Waals surface area contributed by atoms with Crippen LogP contribution >= 0.6 is 23.2 Å². The van der Waals surface area contributed by atoms with E-state index in [-0.39, 0.29) is 28.5 Å². The molecule has 0 saturated carbocycles. The van der Waals surface area contributed by atoms with E-state index in [4.69, 9.17) is 27.9 Å². The van der Waals surface area contributed by atoms with Gasteiger partial charge in [-0.25, -0.2) is 4.39 Å². The molecule has 1 fully saturated rings. The summed E-state index contributed by atoms with van der Waals surface area (Å²) >= 11 is 12.0. The Hall–Kier alpha value is -2.41. The van der Waals surface area contributed by atoms with Gasteiger partial charge in [0.05, 0.1) is 21.7 Å². The topological polar surface area (TPSA) is 66.8 Å². The third-order valence-corrected chi connectivity index (χ3v) is 5.41. The second-order valence-electron chi connectivity index (χ2n) is 6.52. The van der Waals surface area contributed by atoms with Crippen LogP contribution in [0.5, 0.6) is 0 Å². The molecular formula is C21H18Cl2FNO4. The van der Waals surface area contributed by atoms with Gasteiger partial charge in [0.25, 0.3) is 11.7 Å². The summed E-state index contributed by atoms with van der Waals surface area (Å²) in [7, 11) is 1.54. The number of halogens is 3. The van der Waals surface area contributed by atoms with Crippen LogP contribution in [-0.4, -0.2) is 42.0 Å². The molecule has 29 heavy (non-hydrogen) atoms. The molecule has 8 heteroatoms. The number of carbonyl (C=O) groups excluding carboxylic acids is 2. The summed E-state index contributed by atoms with van der Waals surface area (Å²) in [4.78, 5) is 26.8. The van der Waals surface area contributed by atoms with Crippen molar-refractivity contribution in [3.63, 3.8) is 0 Å². The highest BCUT2D eigenvalue weighted by Crippen LogP contribution is 2.40. The number of nitrogens with zero attached hydrogens (tertiary/aromatic N) is 1. The van der Waals surface area contributed by atoms with Gasteiger partial charge in [0.1, 0.15) is 11.6 Å². The highest BCUT2D eigenvalue weighted by atomic mass is 35.5. The van der Waals surface area contributed by atoms with E-state index < -0.39 is 23.5 Å². The van der Waals surface area contributed by atoms with Crippen molar-refractivity contribution in [1.82, 2.24) is 4.90 Å². The molecule has 5 nitrogen and oxygen atoms in total. The zero-order chi connectivity index (χ0) is 21.1. The number of methoxy groups -OCH3 is 1. The second kappa shape index (κ2) is 8.95. The molecule has 1 heterocycles. The number of ketones is 1. The third kappa shape index (κ3) is 4.29. The largest absolute Gasteiger partial charge is 0.507 e. The number of hydrogen-bond acceptors (Lipinski definition) is 4. The van der Waals surface area contributed by atoms with Gasteiger partial charge in [-0.1, -0.05) is 35.3 Å². The third-order valence-electron chi connectivity index (χ3n) is 4.67. The molecule has 1 atom stereocenters. The van der Waals surface area contributed by atoms with E-state index in [2.05, 4.69) is 0 Å². The van der Waals surface area contributed by atoms with Gasteiger partial charge in [-0.15, -0.1) is 0 Å². The highest BCUT2D eigenvalue weighted by molar-refractivity contribution is 6.46. The van der Waals surface area contributed by atoms with Crippen LogP contribution in [0, 0.1) is 5.82 Å². The summed E-state index contributed by atoms with van der Waals surface area (Å²) in [6.45, 7) is 0.630. The fraction of sp³-hybridized carbons (Fsp3) is 0.238. The van der Waals surface area contributed by atoms with Gasteiger partial charge in [0, 0.05) is 25.8 Å². The summed E-state index contributed by atoms with van der Waals surface area (Å²) in [5, 5.41) is 11.4. The molecule has 0 spiro atoms. The Morgan fingerprint density at radius 1 is 1.14 bits per heavy atom. The molecule has 1 N–H and O–H groups in total. The van der Waals surface area contributed by atoms with Crippen molar-refractivity contribution in [3.8, 4) is 0 Å². The first kappa shape index (κ1) is 21.3. The predicted octanol–water partition coefficient (Wildman–Crippen LogP) is 4.59. The van der Waals surface area contributed by atoms with Crippen LogP contribution < -0.4 is 0 Å². The minimum Gasteiger partial charge on any atom is -0.507 e. The van der Waals surface area contributed by atoms with E-state index in [1.54, 1.807) is 0 Å². The molecule has 1 unspecified atom stereocenters. The van der Waals surface area contributed by atoms with E-state index in [0.29, 0.717) is 23.6 Å². The molecule has 1 amide bonds. The molecule has 3 rings (SSSR count). The molecule has 1 aliphatic heterocycles. The first-order valence-corrected chi connectivity index (χ1v) is 9.59. The Kier molecular flexibility index (Phi) is 6.57. The van der Waals surface area contributed by atoms with Crippen LogP contribution in [-0.2, 0) is 14.3 Å².